The molecule has 1 saturated heterocycles. The lowest BCUT2D eigenvalue weighted by Gasteiger charge is -2.27. The van der Waals surface area contributed by atoms with Crippen molar-refractivity contribution >= 4 is 29.1 Å². The van der Waals surface area contributed by atoms with Crippen LogP contribution in [-0.4, -0.2) is 74.1 Å². The van der Waals surface area contributed by atoms with Gasteiger partial charge in [-0.05, 0) is 63.8 Å². The summed E-state index contributed by atoms with van der Waals surface area (Å²) in [6.07, 6.45) is 0. The van der Waals surface area contributed by atoms with E-state index in [1.54, 1.807) is 30.3 Å². The summed E-state index contributed by atoms with van der Waals surface area (Å²) in [5, 5.41) is 11.5. The van der Waals surface area contributed by atoms with E-state index in [1.165, 1.54) is 18.1 Å². The van der Waals surface area contributed by atoms with Crippen molar-refractivity contribution in [3.8, 4) is 17.2 Å². The third-order valence-electron chi connectivity index (χ3n) is 5.64. The largest absolute Gasteiger partial charge is 0.507 e. The summed E-state index contributed by atoms with van der Waals surface area (Å²) < 4.78 is 16.7. The maximum Gasteiger partial charge on any atom is 0.295 e. The van der Waals surface area contributed by atoms with Gasteiger partial charge in [-0.25, -0.2) is 0 Å². The first-order chi connectivity index (χ1) is 16.7. The molecule has 0 spiro atoms. The Morgan fingerprint density at radius 1 is 1.06 bits per heavy atom. The number of methoxy groups -OCH3 is 1. The third kappa shape index (κ3) is 5.55. The van der Waals surface area contributed by atoms with Crippen LogP contribution in [-0.2, 0) is 9.59 Å². The fourth-order valence-electron chi connectivity index (χ4n) is 3.96. The molecule has 1 unspecified atom stereocenters. The first kappa shape index (κ1) is 26.4. The van der Waals surface area contributed by atoms with E-state index < -0.39 is 17.7 Å². The summed E-state index contributed by atoms with van der Waals surface area (Å²) in [6, 6.07) is 9.16. The number of ether oxygens (including phenoxy) is 3. The van der Waals surface area contributed by atoms with Gasteiger partial charge in [-0.15, -0.1) is 0 Å². The van der Waals surface area contributed by atoms with E-state index in [0.717, 1.165) is 0 Å². The molecule has 9 heteroatoms. The van der Waals surface area contributed by atoms with Crippen molar-refractivity contribution in [2.45, 2.75) is 19.9 Å². The number of likely N-dealkylation sites (N-methyl/N-ethyl adjacent to an activating group) is 1. The zero-order valence-corrected chi connectivity index (χ0v) is 21.4. The van der Waals surface area contributed by atoms with Crippen LogP contribution in [0.3, 0.4) is 0 Å². The van der Waals surface area contributed by atoms with Crippen molar-refractivity contribution in [2.24, 2.45) is 0 Å². The number of hydrogen-bond acceptors (Lipinski definition) is 7. The third-order valence-corrected chi connectivity index (χ3v) is 5.97. The highest BCUT2D eigenvalue weighted by atomic mass is 35.5. The molecule has 35 heavy (non-hydrogen) atoms. The lowest BCUT2D eigenvalue weighted by Crippen LogP contribution is -2.35. The summed E-state index contributed by atoms with van der Waals surface area (Å²) in [5.41, 5.74) is 0.767. The zero-order chi connectivity index (χ0) is 25.7. The average molecular weight is 503 g/mol. The van der Waals surface area contributed by atoms with Crippen LogP contribution >= 0.6 is 11.6 Å². The summed E-state index contributed by atoms with van der Waals surface area (Å²) in [4.78, 5) is 29.8. The van der Waals surface area contributed by atoms with Crippen molar-refractivity contribution in [3.05, 3.63) is 58.1 Å². The van der Waals surface area contributed by atoms with E-state index >= 15 is 0 Å². The maximum atomic E-state index is 13.3. The smallest absolute Gasteiger partial charge is 0.295 e. The van der Waals surface area contributed by atoms with Crippen LogP contribution in [0, 0.1) is 0 Å². The van der Waals surface area contributed by atoms with Crippen LogP contribution in [0.5, 0.6) is 17.2 Å². The normalized spacial score (nSPS) is 17.2. The van der Waals surface area contributed by atoms with Gasteiger partial charge in [0.1, 0.15) is 11.5 Å². The minimum Gasteiger partial charge on any atom is -0.507 e. The molecule has 188 valence electrons. The predicted molar refractivity (Wildman–Crippen MR) is 134 cm³/mol. The summed E-state index contributed by atoms with van der Waals surface area (Å²) in [6.45, 7) is 5.40. The number of benzene rings is 2. The second-order valence-electron chi connectivity index (χ2n) is 8.21. The SMILES string of the molecule is CCOc1ccc(C2/C(=C(\O)c3cc(OC)ccc3Cl)C(=O)C(=O)N2CCN(C)C)cc1OCC. The van der Waals surface area contributed by atoms with Crippen molar-refractivity contribution in [3.63, 3.8) is 0 Å². The molecule has 1 N–H and O–H groups in total. The van der Waals surface area contributed by atoms with E-state index in [9.17, 15) is 14.7 Å². The van der Waals surface area contributed by atoms with Crippen LogP contribution in [0.15, 0.2) is 42.0 Å². The lowest BCUT2D eigenvalue weighted by atomic mass is 9.95. The Balaban J connectivity index is 2.22. The van der Waals surface area contributed by atoms with Crippen molar-refractivity contribution < 1.29 is 28.9 Å². The molecule has 2 aromatic rings. The molecular weight excluding hydrogens is 472 g/mol. The molecule has 1 aliphatic heterocycles. The maximum absolute atomic E-state index is 13.3. The first-order valence-corrected chi connectivity index (χ1v) is 11.8. The minimum absolute atomic E-state index is 0.0458. The van der Waals surface area contributed by atoms with Gasteiger partial charge in [0.15, 0.2) is 11.5 Å². The second-order valence-corrected chi connectivity index (χ2v) is 8.62. The topological polar surface area (TPSA) is 88.5 Å². The van der Waals surface area contributed by atoms with Gasteiger partial charge in [0.25, 0.3) is 11.7 Å². The molecule has 0 bridgehead atoms. The molecule has 3 rings (SSSR count). The molecule has 0 saturated carbocycles. The summed E-state index contributed by atoms with van der Waals surface area (Å²) >= 11 is 6.36. The van der Waals surface area contributed by atoms with E-state index in [2.05, 4.69) is 0 Å². The molecule has 8 nitrogen and oxygen atoms in total. The number of carbonyl (C=O) groups excluding carboxylic acids is 2. The number of nitrogens with zero attached hydrogens (tertiary/aromatic N) is 2. The molecule has 1 fully saturated rings. The Kier molecular flexibility index (Phi) is 8.64. The molecule has 0 aliphatic carbocycles. The average Bonchev–Trinajstić information content (AvgIpc) is 3.08. The Labute approximate surface area is 210 Å². The fraction of sp³-hybridized carbons (Fsp3) is 0.385. The number of ketones is 1. The number of amides is 1. The number of aliphatic hydroxyl groups excluding tert-OH is 1. The van der Waals surface area contributed by atoms with Gasteiger partial charge >= 0.3 is 0 Å². The fourth-order valence-corrected chi connectivity index (χ4v) is 4.17. The monoisotopic (exact) mass is 502 g/mol. The van der Waals surface area contributed by atoms with Gasteiger partial charge < -0.3 is 29.1 Å². The van der Waals surface area contributed by atoms with Gasteiger partial charge in [-0.2, -0.15) is 0 Å². The van der Waals surface area contributed by atoms with Gasteiger partial charge in [0.05, 0.1) is 37.0 Å². The van der Waals surface area contributed by atoms with Crippen LogP contribution < -0.4 is 14.2 Å². The quantitative estimate of drug-likeness (QED) is 0.297. The second kappa shape index (κ2) is 11.5. The molecule has 1 amide bonds. The van der Waals surface area contributed by atoms with E-state index in [0.29, 0.717) is 42.6 Å². The number of hydrogen-bond donors (Lipinski definition) is 1. The lowest BCUT2D eigenvalue weighted by molar-refractivity contribution is -0.140. The Hall–Kier alpha value is -3.23. The van der Waals surface area contributed by atoms with Crippen molar-refractivity contribution in [1.29, 1.82) is 0 Å². The molecule has 0 aromatic heterocycles. The number of halogens is 1. The summed E-state index contributed by atoms with van der Waals surface area (Å²) in [7, 11) is 5.25. The number of Topliss-reactive ketones (excluding diaryl/α,β-unsaturated/α-hetero) is 1. The van der Waals surface area contributed by atoms with E-state index in [-0.39, 0.29) is 28.5 Å². The van der Waals surface area contributed by atoms with Crippen LogP contribution in [0.4, 0.5) is 0 Å². The van der Waals surface area contributed by atoms with E-state index in [1.807, 2.05) is 32.8 Å². The highest BCUT2D eigenvalue weighted by Gasteiger charge is 2.46. The molecular formula is C26H31ClN2O6. The molecule has 1 aliphatic rings. The van der Waals surface area contributed by atoms with Crippen LogP contribution in [0.25, 0.3) is 5.76 Å². The van der Waals surface area contributed by atoms with Crippen molar-refractivity contribution in [2.75, 3.05) is 47.5 Å². The van der Waals surface area contributed by atoms with Crippen LogP contribution in [0.2, 0.25) is 5.02 Å². The van der Waals surface area contributed by atoms with Gasteiger partial charge in [-0.1, -0.05) is 17.7 Å². The molecule has 1 heterocycles. The standard InChI is InChI=1S/C26H31ClN2O6/c1-6-34-20-11-8-16(14-21(20)35-7-2)23-22(25(31)26(32)29(23)13-12-28(3)4)24(30)18-15-17(33-5)9-10-19(18)27/h8-11,14-15,23,30H,6-7,12-13H2,1-5H3/b24-22+. The number of likely N-dealkylation sites (tertiary alicyclic amines) is 1. The van der Waals surface area contributed by atoms with Gasteiger partial charge in [0, 0.05) is 18.7 Å². The number of aliphatic hydroxyl groups is 1. The minimum atomic E-state index is -0.841. The Morgan fingerprint density at radius 3 is 2.37 bits per heavy atom. The van der Waals surface area contributed by atoms with Crippen LogP contribution in [0.1, 0.15) is 31.0 Å². The number of carbonyl (C=O) groups is 2. The molecule has 2 aromatic carbocycles. The Bertz CT molecular complexity index is 1130. The van der Waals surface area contributed by atoms with E-state index in [4.69, 9.17) is 25.8 Å². The summed E-state index contributed by atoms with van der Waals surface area (Å²) in [5.74, 6) is -0.338. The van der Waals surface area contributed by atoms with Gasteiger partial charge in [-0.3, -0.25) is 9.59 Å². The Morgan fingerprint density at radius 2 is 1.74 bits per heavy atom. The number of rotatable bonds is 10. The molecule has 0 radical (unpaired) electrons. The highest BCUT2D eigenvalue weighted by molar-refractivity contribution is 6.47. The zero-order valence-electron chi connectivity index (χ0n) is 20.6. The van der Waals surface area contributed by atoms with Gasteiger partial charge in [0.2, 0.25) is 0 Å². The highest BCUT2D eigenvalue weighted by Crippen LogP contribution is 2.43. The predicted octanol–water partition coefficient (Wildman–Crippen LogP) is 4.13. The molecule has 1 atom stereocenters. The van der Waals surface area contributed by atoms with Crippen molar-refractivity contribution in [1.82, 2.24) is 9.80 Å². The first-order valence-electron chi connectivity index (χ1n) is 11.4.